The molecular formula is C22H23ClN4O. The lowest BCUT2D eigenvalue weighted by Gasteiger charge is -2.34. The van der Waals surface area contributed by atoms with E-state index in [0.29, 0.717) is 16.4 Å². The molecule has 0 unspecified atom stereocenters. The molecule has 5 nitrogen and oxygen atoms in total. The molecule has 0 spiro atoms. The molecule has 0 bridgehead atoms. The van der Waals surface area contributed by atoms with E-state index >= 15 is 0 Å². The summed E-state index contributed by atoms with van der Waals surface area (Å²) in [5.41, 5.74) is 2.94. The molecule has 0 aliphatic carbocycles. The molecule has 4 rings (SSSR count). The minimum absolute atomic E-state index is 0.00501. The van der Waals surface area contributed by atoms with Crippen LogP contribution in [0.5, 0.6) is 0 Å². The molecule has 1 fully saturated rings. The Balaban J connectivity index is 1.73. The highest BCUT2D eigenvalue weighted by atomic mass is 35.5. The summed E-state index contributed by atoms with van der Waals surface area (Å²) in [6, 6.07) is 19.2. The number of rotatable bonds is 4. The highest BCUT2D eigenvalue weighted by Crippen LogP contribution is 2.28. The first kappa shape index (κ1) is 18.7. The van der Waals surface area contributed by atoms with Crippen molar-refractivity contribution >= 4 is 17.5 Å². The lowest BCUT2D eigenvalue weighted by molar-refractivity contribution is 0.0634. The number of aromatic nitrogens is 2. The van der Waals surface area contributed by atoms with E-state index in [-0.39, 0.29) is 5.91 Å². The van der Waals surface area contributed by atoms with E-state index in [0.717, 1.165) is 44.0 Å². The molecule has 2 heterocycles. The zero-order valence-electron chi connectivity index (χ0n) is 15.9. The molecule has 0 radical (unpaired) electrons. The molecule has 1 aliphatic rings. The number of benzene rings is 2. The number of carbonyl (C=O) groups excluding carboxylic acids is 1. The van der Waals surface area contributed by atoms with Crippen molar-refractivity contribution in [3.05, 3.63) is 71.4 Å². The maximum Gasteiger partial charge on any atom is 0.272 e. The second-order valence-electron chi connectivity index (χ2n) is 6.87. The molecule has 1 aromatic heterocycles. The molecule has 6 heteroatoms. The number of halogens is 1. The summed E-state index contributed by atoms with van der Waals surface area (Å²) in [4.78, 5) is 17.6. The first-order valence-electron chi connectivity index (χ1n) is 9.59. The van der Waals surface area contributed by atoms with Gasteiger partial charge < -0.3 is 9.80 Å². The van der Waals surface area contributed by atoms with Crippen LogP contribution < -0.4 is 0 Å². The molecule has 0 saturated carbocycles. The third-order valence-electron chi connectivity index (χ3n) is 5.19. The van der Waals surface area contributed by atoms with Crippen LogP contribution in [0.3, 0.4) is 0 Å². The van der Waals surface area contributed by atoms with Crippen molar-refractivity contribution in [1.29, 1.82) is 0 Å². The number of hydrogen-bond donors (Lipinski definition) is 0. The van der Waals surface area contributed by atoms with Gasteiger partial charge in [-0.25, -0.2) is 4.68 Å². The van der Waals surface area contributed by atoms with Crippen molar-refractivity contribution in [1.82, 2.24) is 19.6 Å². The van der Waals surface area contributed by atoms with E-state index in [1.54, 1.807) is 4.68 Å². The lowest BCUT2D eigenvalue weighted by Crippen LogP contribution is -2.48. The lowest BCUT2D eigenvalue weighted by atomic mass is 10.1. The number of carbonyl (C=O) groups is 1. The van der Waals surface area contributed by atoms with Crippen LogP contribution >= 0.6 is 11.6 Å². The van der Waals surface area contributed by atoms with Crippen molar-refractivity contribution < 1.29 is 4.79 Å². The third kappa shape index (κ3) is 3.68. The summed E-state index contributed by atoms with van der Waals surface area (Å²) < 4.78 is 1.73. The van der Waals surface area contributed by atoms with Gasteiger partial charge in [0.05, 0.1) is 16.4 Å². The van der Waals surface area contributed by atoms with Crippen LogP contribution in [0.4, 0.5) is 0 Å². The number of hydrogen-bond acceptors (Lipinski definition) is 3. The first-order chi connectivity index (χ1) is 13.7. The van der Waals surface area contributed by atoms with Crippen molar-refractivity contribution in [3.63, 3.8) is 0 Å². The summed E-state index contributed by atoms with van der Waals surface area (Å²) >= 11 is 6.38. The van der Waals surface area contributed by atoms with Gasteiger partial charge in [0.1, 0.15) is 5.69 Å². The van der Waals surface area contributed by atoms with E-state index in [4.69, 9.17) is 16.7 Å². The first-order valence-corrected chi connectivity index (χ1v) is 9.97. The molecule has 28 heavy (non-hydrogen) atoms. The molecule has 2 aromatic carbocycles. The smallest absolute Gasteiger partial charge is 0.272 e. The second kappa shape index (κ2) is 8.17. The Morgan fingerprint density at radius 2 is 1.68 bits per heavy atom. The maximum atomic E-state index is 13.3. The van der Waals surface area contributed by atoms with Crippen molar-refractivity contribution in [3.8, 4) is 16.9 Å². The summed E-state index contributed by atoms with van der Waals surface area (Å²) in [5.74, 6) is 0.00501. The van der Waals surface area contributed by atoms with Gasteiger partial charge in [0, 0.05) is 31.7 Å². The summed E-state index contributed by atoms with van der Waals surface area (Å²) in [6.07, 6.45) is 0. The molecule has 1 saturated heterocycles. The molecule has 0 N–H and O–H groups in total. The topological polar surface area (TPSA) is 41.4 Å². The van der Waals surface area contributed by atoms with Crippen molar-refractivity contribution in [2.45, 2.75) is 6.92 Å². The SMILES string of the molecule is CCN1CCN(C(=O)c2cc(-c3ccccc3Cl)nn2-c2ccccc2)CC1. The van der Waals surface area contributed by atoms with Crippen LogP contribution in [0.15, 0.2) is 60.7 Å². The Bertz CT molecular complexity index is 962. The monoisotopic (exact) mass is 394 g/mol. The van der Waals surface area contributed by atoms with Crippen LogP contribution in [0.2, 0.25) is 5.02 Å². The summed E-state index contributed by atoms with van der Waals surface area (Å²) in [6.45, 7) is 6.43. The fourth-order valence-corrected chi connectivity index (χ4v) is 3.76. The van der Waals surface area contributed by atoms with Gasteiger partial charge >= 0.3 is 0 Å². The molecule has 1 amide bonds. The predicted molar refractivity (Wildman–Crippen MR) is 112 cm³/mol. The Morgan fingerprint density at radius 3 is 2.36 bits per heavy atom. The van der Waals surface area contributed by atoms with Crippen LogP contribution in [-0.2, 0) is 0 Å². The Morgan fingerprint density at radius 1 is 1.00 bits per heavy atom. The Labute approximate surface area is 170 Å². The number of nitrogens with zero attached hydrogens (tertiary/aromatic N) is 4. The summed E-state index contributed by atoms with van der Waals surface area (Å²) in [5, 5.41) is 5.35. The van der Waals surface area contributed by atoms with Gasteiger partial charge in [0.2, 0.25) is 0 Å². The molecular weight excluding hydrogens is 372 g/mol. The normalized spacial score (nSPS) is 15.0. The van der Waals surface area contributed by atoms with Gasteiger partial charge in [0.15, 0.2) is 0 Å². The quantitative estimate of drug-likeness (QED) is 0.672. The number of amides is 1. The van der Waals surface area contributed by atoms with E-state index in [1.807, 2.05) is 65.6 Å². The highest BCUT2D eigenvalue weighted by Gasteiger charge is 2.26. The van der Waals surface area contributed by atoms with Gasteiger partial charge in [-0.15, -0.1) is 0 Å². The van der Waals surface area contributed by atoms with Gasteiger partial charge in [0.25, 0.3) is 5.91 Å². The van der Waals surface area contributed by atoms with E-state index in [9.17, 15) is 4.79 Å². The predicted octanol–water partition coefficient (Wildman–Crippen LogP) is 3.97. The third-order valence-corrected chi connectivity index (χ3v) is 5.52. The Kier molecular flexibility index (Phi) is 5.46. The zero-order valence-corrected chi connectivity index (χ0v) is 16.6. The number of para-hydroxylation sites is 1. The molecule has 3 aromatic rings. The number of likely N-dealkylation sites (N-methyl/N-ethyl adjacent to an activating group) is 1. The van der Waals surface area contributed by atoms with Gasteiger partial charge in [-0.05, 0) is 30.8 Å². The molecule has 144 valence electrons. The fraction of sp³-hybridized carbons (Fsp3) is 0.273. The van der Waals surface area contributed by atoms with E-state index in [2.05, 4.69) is 11.8 Å². The Hall–Kier alpha value is -2.63. The minimum Gasteiger partial charge on any atom is -0.335 e. The van der Waals surface area contributed by atoms with Gasteiger partial charge in [-0.1, -0.05) is 54.9 Å². The fourth-order valence-electron chi connectivity index (χ4n) is 3.53. The molecule has 0 atom stereocenters. The minimum atomic E-state index is 0.00501. The van der Waals surface area contributed by atoms with Crippen LogP contribution in [-0.4, -0.2) is 58.2 Å². The van der Waals surface area contributed by atoms with Gasteiger partial charge in [-0.3, -0.25) is 4.79 Å². The zero-order chi connectivity index (χ0) is 19.5. The standard InChI is InChI=1S/C22H23ClN4O/c1-2-25-12-14-26(15-13-25)22(28)21-16-20(18-10-6-7-11-19(18)23)24-27(21)17-8-4-3-5-9-17/h3-11,16H,2,12-15H2,1H3. The van der Waals surface area contributed by atoms with E-state index in [1.165, 1.54) is 0 Å². The van der Waals surface area contributed by atoms with Crippen molar-refractivity contribution in [2.24, 2.45) is 0 Å². The number of piperazine rings is 1. The summed E-state index contributed by atoms with van der Waals surface area (Å²) in [7, 11) is 0. The van der Waals surface area contributed by atoms with E-state index < -0.39 is 0 Å². The molecule has 1 aliphatic heterocycles. The average Bonchev–Trinajstić information content (AvgIpc) is 3.19. The maximum absolute atomic E-state index is 13.3. The van der Waals surface area contributed by atoms with Crippen LogP contribution in [0, 0.1) is 0 Å². The van der Waals surface area contributed by atoms with Crippen LogP contribution in [0.25, 0.3) is 16.9 Å². The second-order valence-corrected chi connectivity index (χ2v) is 7.28. The van der Waals surface area contributed by atoms with Crippen molar-refractivity contribution in [2.75, 3.05) is 32.7 Å². The van der Waals surface area contributed by atoms with Crippen LogP contribution in [0.1, 0.15) is 17.4 Å². The average molecular weight is 395 g/mol. The largest absolute Gasteiger partial charge is 0.335 e. The van der Waals surface area contributed by atoms with Gasteiger partial charge in [-0.2, -0.15) is 5.10 Å². The highest BCUT2D eigenvalue weighted by molar-refractivity contribution is 6.33.